The first kappa shape index (κ1) is 15.5. The zero-order valence-corrected chi connectivity index (χ0v) is 14.0. The van der Waals surface area contributed by atoms with Crippen LogP contribution < -0.4 is 15.8 Å². The minimum absolute atomic E-state index is 0.0440. The van der Waals surface area contributed by atoms with Crippen LogP contribution in [0.2, 0.25) is 0 Å². The first-order chi connectivity index (χ1) is 10.8. The molecule has 1 aromatic heterocycles. The molecule has 0 unspecified atom stereocenters. The van der Waals surface area contributed by atoms with Crippen LogP contribution in [0.25, 0.3) is 10.9 Å². The molecule has 1 aliphatic heterocycles. The Morgan fingerprint density at radius 2 is 1.91 bits per heavy atom. The molecule has 0 aliphatic carbocycles. The van der Waals surface area contributed by atoms with Crippen LogP contribution >= 0.6 is 0 Å². The zero-order chi connectivity index (χ0) is 16.8. The van der Waals surface area contributed by atoms with Crippen molar-refractivity contribution in [3.05, 3.63) is 34.6 Å². The molecule has 2 aromatic rings. The lowest BCUT2D eigenvalue weighted by Gasteiger charge is -2.41. The van der Waals surface area contributed by atoms with E-state index in [0.717, 1.165) is 0 Å². The summed E-state index contributed by atoms with van der Waals surface area (Å²) in [5, 5.41) is 3.65. The number of amides is 1. The van der Waals surface area contributed by atoms with Gasteiger partial charge in [0.1, 0.15) is 0 Å². The molecular formula is C17H22N4O2. The summed E-state index contributed by atoms with van der Waals surface area (Å²) in [5.41, 5.74) is 0.259. The number of para-hydroxylation sites is 1. The summed E-state index contributed by atoms with van der Waals surface area (Å²) < 4.78 is 1.57. The van der Waals surface area contributed by atoms with Gasteiger partial charge in [0.15, 0.2) is 0 Å². The molecular weight excluding hydrogens is 292 g/mol. The van der Waals surface area contributed by atoms with Gasteiger partial charge in [-0.05, 0) is 12.1 Å². The molecule has 1 N–H and O–H groups in total. The van der Waals surface area contributed by atoms with Gasteiger partial charge in [0, 0.05) is 25.6 Å². The summed E-state index contributed by atoms with van der Waals surface area (Å²) in [4.78, 5) is 31.0. The highest BCUT2D eigenvalue weighted by molar-refractivity contribution is 5.82. The minimum atomic E-state index is -0.394. The van der Waals surface area contributed by atoms with Crippen molar-refractivity contribution in [1.82, 2.24) is 14.9 Å². The van der Waals surface area contributed by atoms with Crippen LogP contribution in [0.3, 0.4) is 0 Å². The Bertz CT molecular complexity index is 813. The Morgan fingerprint density at radius 3 is 2.57 bits per heavy atom. The smallest absolute Gasteiger partial charge is 0.262 e. The number of carbonyl (C=O) groups is 1. The SMILES string of the molecule is Cn1c(N2CC(NC(=O)C(C)(C)C)C2)nc2ccccc2c1=O. The molecule has 122 valence electrons. The number of aromatic nitrogens is 2. The minimum Gasteiger partial charge on any atom is -0.349 e. The van der Waals surface area contributed by atoms with Gasteiger partial charge in [0.05, 0.1) is 16.9 Å². The van der Waals surface area contributed by atoms with Crippen molar-refractivity contribution in [2.45, 2.75) is 26.8 Å². The van der Waals surface area contributed by atoms with Crippen molar-refractivity contribution in [3.8, 4) is 0 Å². The molecule has 1 saturated heterocycles. The number of benzene rings is 1. The fourth-order valence-electron chi connectivity index (χ4n) is 2.62. The second-order valence-electron chi connectivity index (χ2n) is 7.12. The highest BCUT2D eigenvalue weighted by Crippen LogP contribution is 2.21. The third-order valence-electron chi connectivity index (χ3n) is 4.14. The van der Waals surface area contributed by atoms with E-state index in [2.05, 4.69) is 10.3 Å². The topological polar surface area (TPSA) is 67.2 Å². The van der Waals surface area contributed by atoms with E-state index < -0.39 is 5.41 Å². The van der Waals surface area contributed by atoms with Crippen LogP contribution in [0.15, 0.2) is 29.1 Å². The van der Waals surface area contributed by atoms with Crippen molar-refractivity contribution in [1.29, 1.82) is 0 Å². The number of rotatable bonds is 2. The summed E-state index contributed by atoms with van der Waals surface area (Å²) in [7, 11) is 1.73. The summed E-state index contributed by atoms with van der Waals surface area (Å²) in [6.45, 7) is 7.02. The van der Waals surface area contributed by atoms with Gasteiger partial charge < -0.3 is 10.2 Å². The largest absolute Gasteiger partial charge is 0.349 e. The maximum Gasteiger partial charge on any atom is 0.262 e. The first-order valence-corrected chi connectivity index (χ1v) is 7.79. The number of anilines is 1. The highest BCUT2D eigenvalue weighted by atomic mass is 16.2. The van der Waals surface area contributed by atoms with Crippen molar-refractivity contribution in [2.75, 3.05) is 18.0 Å². The average molecular weight is 314 g/mol. The second-order valence-corrected chi connectivity index (χ2v) is 7.12. The molecule has 0 spiro atoms. The molecule has 2 heterocycles. The second kappa shape index (κ2) is 5.37. The number of carbonyl (C=O) groups excluding carboxylic acids is 1. The van der Waals surface area contributed by atoms with Crippen molar-refractivity contribution >= 4 is 22.8 Å². The quantitative estimate of drug-likeness (QED) is 0.907. The van der Waals surface area contributed by atoms with E-state index in [1.807, 2.05) is 43.9 Å². The molecule has 1 amide bonds. The Balaban J connectivity index is 1.78. The highest BCUT2D eigenvalue weighted by Gasteiger charge is 2.33. The fraction of sp³-hybridized carbons (Fsp3) is 0.471. The Hall–Kier alpha value is -2.37. The zero-order valence-electron chi connectivity index (χ0n) is 14.0. The Kier molecular flexibility index (Phi) is 3.62. The number of fused-ring (bicyclic) bond motifs is 1. The van der Waals surface area contributed by atoms with Gasteiger partial charge in [-0.2, -0.15) is 0 Å². The first-order valence-electron chi connectivity index (χ1n) is 7.79. The van der Waals surface area contributed by atoms with Crippen LogP contribution in [0.1, 0.15) is 20.8 Å². The van der Waals surface area contributed by atoms with Crippen LogP contribution in [-0.4, -0.2) is 34.6 Å². The van der Waals surface area contributed by atoms with Crippen LogP contribution in [0.5, 0.6) is 0 Å². The van der Waals surface area contributed by atoms with Gasteiger partial charge in [0.25, 0.3) is 5.56 Å². The van der Waals surface area contributed by atoms with E-state index in [-0.39, 0.29) is 17.5 Å². The van der Waals surface area contributed by atoms with E-state index in [1.165, 1.54) is 0 Å². The number of hydrogen-bond donors (Lipinski definition) is 1. The number of nitrogens with zero attached hydrogens (tertiary/aromatic N) is 3. The van der Waals surface area contributed by atoms with E-state index in [9.17, 15) is 9.59 Å². The maximum absolute atomic E-state index is 12.4. The molecule has 1 fully saturated rings. The molecule has 6 nitrogen and oxygen atoms in total. The third kappa shape index (κ3) is 2.81. The molecule has 0 atom stereocenters. The van der Waals surface area contributed by atoms with Crippen LogP contribution in [-0.2, 0) is 11.8 Å². The Morgan fingerprint density at radius 1 is 1.26 bits per heavy atom. The molecule has 3 rings (SSSR count). The lowest BCUT2D eigenvalue weighted by atomic mass is 9.94. The van der Waals surface area contributed by atoms with Gasteiger partial charge >= 0.3 is 0 Å². The summed E-state index contributed by atoms with van der Waals surface area (Å²) in [5.74, 6) is 0.692. The average Bonchev–Trinajstić information content (AvgIpc) is 2.45. The van der Waals surface area contributed by atoms with Gasteiger partial charge in [0.2, 0.25) is 11.9 Å². The third-order valence-corrected chi connectivity index (χ3v) is 4.14. The lowest BCUT2D eigenvalue weighted by Crippen LogP contribution is -2.61. The molecule has 0 saturated carbocycles. The van der Waals surface area contributed by atoms with Gasteiger partial charge in [-0.3, -0.25) is 14.2 Å². The molecule has 6 heteroatoms. The van der Waals surface area contributed by atoms with Crippen LogP contribution in [0, 0.1) is 5.41 Å². The maximum atomic E-state index is 12.4. The molecule has 0 bridgehead atoms. The van der Waals surface area contributed by atoms with Crippen molar-refractivity contribution in [3.63, 3.8) is 0 Å². The molecule has 1 aromatic carbocycles. The lowest BCUT2D eigenvalue weighted by molar-refractivity contribution is -0.129. The van der Waals surface area contributed by atoms with E-state index in [0.29, 0.717) is 29.9 Å². The molecule has 1 aliphatic rings. The van der Waals surface area contributed by atoms with Crippen molar-refractivity contribution in [2.24, 2.45) is 12.5 Å². The van der Waals surface area contributed by atoms with Gasteiger partial charge in [-0.15, -0.1) is 0 Å². The van der Waals surface area contributed by atoms with Gasteiger partial charge in [-0.25, -0.2) is 4.98 Å². The van der Waals surface area contributed by atoms with Crippen LogP contribution in [0.4, 0.5) is 5.95 Å². The molecule has 23 heavy (non-hydrogen) atoms. The number of nitrogens with one attached hydrogen (secondary N) is 1. The van der Waals surface area contributed by atoms with E-state index in [4.69, 9.17) is 0 Å². The van der Waals surface area contributed by atoms with E-state index >= 15 is 0 Å². The molecule has 0 radical (unpaired) electrons. The predicted molar refractivity (Wildman–Crippen MR) is 90.6 cm³/mol. The number of hydrogen-bond acceptors (Lipinski definition) is 4. The monoisotopic (exact) mass is 314 g/mol. The van der Waals surface area contributed by atoms with Crippen molar-refractivity contribution < 1.29 is 4.79 Å². The van der Waals surface area contributed by atoms with Gasteiger partial charge in [-0.1, -0.05) is 32.9 Å². The summed E-state index contributed by atoms with van der Waals surface area (Å²) in [6.07, 6.45) is 0. The standard InChI is InChI=1S/C17H22N4O2/c1-17(2,3)15(23)18-11-9-21(10-11)16-19-13-8-6-5-7-12(13)14(22)20(16)4/h5-8,11H,9-10H2,1-4H3,(H,18,23). The normalized spacial score (nSPS) is 15.6. The predicted octanol–water partition coefficient (Wildman–Crippen LogP) is 1.28. The fourth-order valence-corrected chi connectivity index (χ4v) is 2.62. The Labute approximate surface area is 135 Å². The summed E-state index contributed by atoms with van der Waals surface area (Å²) >= 11 is 0. The van der Waals surface area contributed by atoms with E-state index in [1.54, 1.807) is 17.7 Å². The summed E-state index contributed by atoms with van der Waals surface area (Å²) in [6, 6.07) is 7.45.